The van der Waals surface area contributed by atoms with E-state index in [4.69, 9.17) is 0 Å². The number of aromatic nitrogens is 2. The van der Waals surface area contributed by atoms with Crippen LogP contribution in [0.2, 0.25) is 0 Å². The van der Waals surface area contributed by atoms with Crippen molar-refractivity contribution in [2.45, 2.75) is 0 Å². The zero-order chi connectivity index (χ0) is 13.0. The van der Waals surface area contributed by atoms with Gasteiger partial charge in [-0.2, -0.15) is 0 Å². The summed E-state index contributed by atoms with van der Waals surface area (Å²) in [5.74, 6) is -0.503. The fraction of sp³-hybridized carbons (Fsp3) is 0.0833. The van der Waals surface area contributed by atoms with Gasteiger partial charge in [0, 0.05) is 12.4 Å². The molecule has 92 valence electrons. The number of imidazole rings is 1. The number of para-hydroxylation sites is 1. The van der Waals surface area contributed by atoms with Crippen LogP contribution in [0.15, 0.2) is 43.0 Å². The molecule has 2 rings (SSSR count). The number of carbonyl (C=O) groups is 2. The molecule has 0 aliphatic rings. The van der Waals surface area contributed by atoms with E-state index in [0.717, 1.165) is 0 Å². The monoisotopic (exact) mass is 245 g/mol. The molecular formula is C12H11N3O3. The molecule has 6 nitrogen and oxygen atoms in total. The lowest BCUT2D eigenvalue weighted by Gasteiger charge is -2.09. The van der Waals surface area contributed by atoms with Crippen LogP contribution in [0.5, 0.6) is 0 Å². The van der Waals surface area contributed by atoms with E-state index in [1.165, 1.54) is 30.4 Å². The van der Waals surface area contributed by atoms with Gasteiger partial charge in [0.2, 0.25) is 0 Å². The molecule has 6 heteroatoms. The van der Waals surface area contributed by atoms with Gasteiger partial charge in [-0.25, -0.2) is 14.6 Å². The van der Waals surface area contributed by atoms with Gasteiger partial charge < -0.3 is 10.1 Å². The number of amides is 1. The Bertz CT molecular complexity index is 564. The first-order valence-corrected chi connectivity index (χ1v) is 5.19. The summed E-state index contributed by atoms with van der Waals surface area (Å²) in [5, 5.41) is 2.61. The largest absolute Gasteiger partial charge is 0.465 e. The molecule has 0 aliphatic heterocycles. The molecule has 1 heterocycles. The number of carbonyl (C=O) groups excluding carboxylic acids is 2. The molecule has 0 bridgehead atoms. The maximum Gasteiger partial charge on any atom is 0.339 e. The Morgan fingerprint density at radius 1 is 1.33 bits per heavy atom. The van der Waals surface area contributed by atoms with Gasteiger partial charge in [0.15, 0.2) is 0 Å². The van der Waals surface area contributed by atoms with E-state index in [2.05, 4.69) is 15.0 Å². The fourth-order valence-electron chi connectivity index (χ4n) is 1.44. The average molecular weight is 245 g/mol. The molecule has 0 unspecified atom stereocenters. The summed E-state index contributed by atoms with van der Waals surface area (Å²) in [7, 11) is 1.29. The molecule has 0 fully saturated rings. The van der Waals surface area contributed by atoms with Crippen molar-refractivity contribution in [3.8, 4) is 0 Å². The van der Waals surface area contributed by atoms with Crippen LogP contribution in [0.3, 0.4) is 0 Å². The quantitative estimate of drug-likeness (QED) is 0.818. The van der Waals surface area contributed by atoms with Crippen LogP contribution in [-0.2, 0) is 4.74 Å². The molecule has 18 heavy (non-hydrogen) atoms. The Morgan fingerprint density at radius 2 is 2.11 bits per heavy atom. The van der Waals surface area contributed by atoms with Crippen LogP contribution in [-0.4, -0.2) is 28.7 Å². The van der Waals surface area contributed by atoms with Gasteiger partial charge in [0.1, 0.15) is 6.33 Å². The summed E-state index contributed by atoms with van der Waals surface area (Å²) in [5.41, 5.74) is 0.691. The van der Waals surface area contributed by atoms with E-state index >= 15 is 0 Å². The molecule has 0 saturated carbocycles. The Balaban J connectivity index is 2.24. The molecule has 0 atom stereocenters. The molecule has 2 aromatic rings. The molecule has 1 aromatic carbocycles. The highest BCUT2D eigenvalue weighted by Gasteiger charge is 2.13. The van der Waals surface area contributed by atoms with Crippen molar-refractivity contribution in [1.82, 2.24) is 9.55 Å². The first kappa shape index (κ1) is 11.8. The van der Waals surface area contributed by atoms with Gasteiger partial charge in [0.25, 0.3) is 0 Å². The highest BCUT2D eigenvalue weighted by Crippen LogP contribution is 2.16. The number of hydrogen-bond acceptors (Lipinski definition) is 4. The van der Waals surface area contributed by atoms with Gasteiger partial charge in [-0.05, 0) is 12.1 Å². The second kappa shape index (κ2) is 5.13. The SMILES string of the molecule is COC(=O)c1ccccc1NC(=O)n1ccnc1. The lowest BCUT2D eigenvalue weighted by Crippen LogP contribution is -2.19. The second-order valence-electron chi connectivity index (χ2n) is 3.44. The van der Waals surface area contributed by atoms with E-state index in [-0.39, 0.29) is 0 Å². The number of rotatable bonds is 2. The summed E-state index contributed by atoms with van der Waals surface area (Å²) in [6.45, 7) is 0. The number of ether oxygens (including phenoxy) is 1. The normalized spacial score (nSPS) is 9.83. The molecule has 0 spiro atoms. The van der Waals surface area contributed by atoms with E-state index in [0.29, 0.717) is 11.3 Å². The summed E-state index contributed by atoms with van der Waals surface area (Å²) in [6, 6.07) is 6.22. The first-order chi connectivity index (χ1) is 8.72. The minimum atomic E-state index is -0.503. The van der Waals surface area contributed by atoms with Crippen molar-refractivity contribution in [2.24, 2.45) is 0 Å². The van der Waals surface area contributed by atoms with Crippen LogP contribution < -0.4 is 5.32 Å². The van der Waals surface area contributed by atoms with E-state index in [1.807, 2.05) is 0 Å². The van der Waals surface area contributed by atoms with Crippen molar-refractivity contribution in [3.05, 3.63) is 48.5 Å². The lowest BCUT2D eigenvalue weighted by atomic mass is 10.2. The Morgan fingerprint density at radius 3 is 2.78 bits per heavy atom. The van der Waals surface area contributed by atoms with E-state index in [9.17, 15) is 9.59 Å². The highest BCUT2D eigenvalue weighted by atomic mass is 16.5. The zero-order valence-corrected chi connectivity index (χ0v) is 9.66. The van der Waals surface area contributed by atoms with E-state index < -0.39 is 12.0 Å². The number of benzene rings is 1. The predicted molar refractivity (Wildman–Crippen MR) is 64.4 cm³/mol. The molecule has 0 saturated heterocycles. The van der Waals surface area contributed by atoms with Gasteiger partial charge in [-0.1, -0.05) is 12.1 Å². The lowest BCUT2D eigenvalue weighted by molar-refractivity contribution is 0.0602. The number of hydrogen-bond donors (Lipinski definition) is 1. The van der Waals surface area contributed by atoms with Crippen molar-refractivity contribution >= 4 is 17.7 Å². The Kier molecular flexibility index (Phi) is 3.38. The minimum Gasteiger partial charge on any atom is -0.465 e. The summed E-state index contributed by atoms with van der Waals surface area (Å²) < 4.78 is 5.91. The van der Waals surface area contributed by atoms with Crippen LogP contribution >= 0.6 is 0 Å². The number of esters is 1. The number of nitrogens with zero attached hydrogens (tertiary/aromatic N) is 2. The maximum atomic E-state index is 11.8. The number of nitrogens with one attached hydrogen (secondary N) is 1. The van der Waals surface area contributed by atoms with Crippen molar-refractivity contribution in [2.75, 3.05) is 12.4 Å². The van der Waals surface area contributed by atoms with Crippen LogP contribution in [0.1, 0.15) is 10.4 Å². The maximum absolute atomic E-state index is 11.8. The molecule has 1 amide bonds. The molecule has 0 radical (unpaired) electrons. The first-order valence-electron chi connectivity index (χ1n) is 5.19. The van der Waals surface area contributed by atoms with Gasteiger partial charge in [-0.3, -0.25) is 4.57 Å². The third-order valence-corrected chi connectivity index (χ3v) is 2.31. The zero-order valence-electron chi connectivity index (χ0n) is 9.66. The number of anilines is 1. The Hall–Kier alpha value is -2.63. The van der Waals surface area contributed by atoms with Crippen LogP contribution in [0.4, 0.5) is 10.5 Å². The molecule has 0 aliphatic carbocycles. The molecule has 1 N–H and O–H groups in total. The predicted octanol–water partition coefficient (Wildman–Crippen LogP) is 1.75. The minimum absolute atomic E-state index is 0.300. The fourth-order valence-corrected chi connectivity index (χ4v) is 1.44. The third-order valence-electron chi connectivity index (χ3n) is 2.31. The smallest absolute Gasteiger partial charge is 0.339 e. The van der Waals surface area contributed by atoms with Crippen LogP contribution in [0.25, 0.3) is 0 Å². The summed E-state index contributed by atoms with van der Waals surface area (Å²) in [4.78, 5) is 27.1. The van der Waals surface area contributed by atoms with Crippen molar-refractivity contribution in [3.63, 3.8) is 0 Å². The topological polar surface area (TPSA) is 73.2 Å². The van der Waals surface area contributed by atoms with Crippen molar-refractivity contribution in [1.29, 1.82) is 0 Å². The molecule has 1 aromatic heterocycles. The second-order valence-corrected chi connectivity index (χ2v) is 3.44. The van der Waals surface area contributed by atoms with Crippen molar-refractivity contribution < 1.29 is 14.3 Å². The third kappa shape index (κ3) is 2.37. The molecular weight excluding hydrogens is 234 g/mol. The highest BCUT2D eigenvalue weighted by molar-refractivity contribution is 6.01. The van der Waals surface area contributed by atoms with E-state index in [1.54, 1.807) is 24.3 Å². The van der Waals surface area contributed by atoms with Crippen LogP contribution in [0, 0.1) is 0 Å². The van der Waals surface area contributed by atoms with Gasteiger partial charge in [0.05, 0.1) is 18.4 Å². The Labute approximate surface area is 103 Å². The summed E-state index contributed by atoms with van der Waals surface area (Å²) in [6.07, 6.45) is 4.37. The standard InChI is InChI=1S/C12H11N3O3/c1-18-11(16)9-4-2-3-5-10(9)14-12(17)15-7-6-13-8-15/h2-8H,1H3,(H,14,17). The number of methoxy groups -OCH3 is 1. The van der Waals surface area contributed by atoms with Gasteiger partial charge >= 0.3 is 12.0 Å². The van der Waals surface area contributed by atoms with Gasteiger partial charge in [-0.15, -0.1) is 0 Å². The summed E-state index contributed by atoms with van der Waals surface area (Å²) >= 11 is 0. The average Bonchev–Trinajstić information content (AvgIpc) is 2.92.